The molecule has 0 atom stereocenters. The molecular formula is C9H20N. The summed E-state index contributed by atoms with van der Waals surface area (Å²) in [6.07, 6.45) is 1.14. The monoisotopic (exact) mass is 142 g/mol. The molecular weight excluding hydrogens is 122 g/mol. The van der Waals surface area contributed by atoms with Gasteiger partial charge in [-0.2, -0.15) is 0 Å². The highest BCUT2D eigenvalue weighted by molar-refractivity contribution is 4.74. The van der Waals surface area contributed by atoms with E-state index in [1.165, 1.54) is 0 Å². The molecule has 0 aliphatic carbocycles. The second-order valence-corrected chi connectivity index (χ2v) is 3.23. The summed E-state index contributed by atoms with van der Waals surface area (Å²) in [6, 6.07) is 1.28. The Balaban J connectivity index is 3.73. The third-order valence-corrected chi connectivity index (χ3v) is 1.59. The van der Waals surface area contributed by atoms with Crippen molar-refractivity contribution in [3.8, 4) is 0 Å². The van der Waals surface area contributed by atoms with Crippen LogP contribution in [0.15, 0.2) is 0 Å². The minimum Gasteiger partial charge on any atom is -0.294 e. The van der Waals surface area contributed by atoms with E-state index in [2.05, 4.69) is 46.1 Å². The van der Waals surface area contributed by atoms with Gasteiger partial charge >= 0.3 is 0 Å². The van der Waals surface area contributed by atoms with Gasteiger partial charge in [-0.3, -0.25) is 4.90 Å². The Kier molecular flexibility index (Phi) is 4.71. The summed E-state index contributed by atoms with van der Waals surface area (Å²) in [5.74, 6) is 0. The van der Waals surface area contributed by atoms with Crippen molar-refractivity contribution < 1.29 is 0 Å². The molecule has 0 aromatic carbocycles. The highest BCUT2D eigenvalue weighted by Gasteiger charge is 2.10. The van der Waals surface area contributed by atoms with Crippen molar-refractivity contribution in [1.29, 1.82) is 0 Å². The topological polar surface area (TPSA) is 3.24 Å². The van der Waals surface area contributed by atoms with E-state index in [1.54, 1.807) is 0 Å². The lowest BCUT2D eigenvalue weighted by molar-refractivity contribution is 0.218. The van der Waals surface area contributed by atoms with Gasteiger partial charge in [-0.15, -0.1) is 0 Å². The molecule has 0 saturated heterocycles. The van der Waals surface area contributed by atoms with Crippen LogP contribution < -0.4 is 0 Å². The van der Waals surface area contributed by atoms with Crippen LogP contribution in [0, 0.1) is 6.54 Å². The quantitative estimate of drug-likeness (QED) is 0.583. The molecule has 0 aromatic rings. The zero-order valence-electron chi connectivity index (χ0n) is 7.89. The molecule has 0 heterocycles. The van der Waals surface area contributed by atoms with Gasteiger partial charge in [0.1, 0.15) is 0 Å². The molecule has 0 amide bonds. The largest absolute Gasteiger partial charge is 0.294 e. The molecule has 1 nitrogen and oxygen atoms in total. The van der Waals surface area contributed by atoms with E-state index in [1.807, 2.05) is 0 Å². The van der Waals surface area contributed by atoms with Gasteiger partial charge in [0.15, 0.2) is 0 Å². The lowest BCUT2D eigenvalue weighted by Gasteiger charge is -2.29. The number of nitrogens with zero attached hydrogens (tertiary/aromatic N) is 1. The Hall–Kier alpha value is -0.0400. The normalized spacial score (nSPS) is 12.0. The molecule has 0 aliphatic heterocycles. The van der Waals surface area contributed by atoms with Gasteiger partial charge in [0, 0.05) is 18.6 Å². The summed E-state index contributed by atoms with van der Waals surface area (Å²) >= 11 is 0. The summed E-state index contributed by atoms with van der Waals surface area (Å²) in [5, 5.41) is 0. The standard InChI is InChI=1S/C9H20N/c1-6-7-10(8(2)3)9(4)5/h7-9H,6H2,1-5H3. The van der Waals surface area contributed by atoms with Crippen molar-refractivity contribution in [3.63, 3.8) is 0 Å². The Morgan fingerprint density at radius 3 is 1.60 bits per heavy atom. The predicted octanol–water partition coefficient (Wildman–Crippen LogP) is 2.68. The summed E-state index contributed by atoms with van der Waals surface area (Å²) in [4.78, 5) is 2.39. The van der Waals surface area contributed by atoms with E-state index >= 15 is 0 Å². The first-order valence-electron chi connectivity index (χ1n) is 4.20. The van der Waals surface area contributed by atoms with Crippen LogP contribution in [0.4, 0.5) is 0 Å². The van der Waals surface area contributed by atoms with Gasteiger partial charge < -0.3 is 0 Å². The second-order valence-electron chi connectivity index (χ2n) is 3.23. The molecule has 0 spiro atoms. The van der Waals surface area contributed by atoms with Gasteiger partial charge in [-0.25, -0.2) is 0 Å². The van der Waals surface area contributed by atoms with Crippen LogP contribution in [0.2, 0.25) is 0 Å². The van der Waals surface area contributed by atoms with Gasteiger partial charge in [-0.05, 0) is 34.1 Å². The Bertz CT molecular complexity index is 68.8. The first-order chi connectivity index (χ1) is 4.59. The highest BCUT2D eigenvalue weighted by Crippen LogP contribution is 2.08. The second kappa shape index (κ2) is 4.73. The third-order valence-electron chi connectivity index (χ3n) is 1.59. The van der Waals surface area contributed by atoms with Crippen molar-refractivity contribution in [2.75, 3.05) is 0 Å². The molecule has 0 rings (SSSR count). The smallest absolute Gasteiger partial charge is 0.0254 e. The van der Waals surface area contributed by atoms with Crippen LogP contribution in [-0.4, -0.2) is 17.0 Å². The van der Waals surface area contributed by atoms with Crippen LogP contribution in [-0.2, 0) is 0 Å². The van der Waals surface area contributed by atoms with Crippen LogP contribution in [0.25, 0.3) is 0 Å². The molecule has 61 valence electrons. The van der Waals surface area contributed by atoms with Crippen molar-refractivity contribution in [2.24, 2.45) is 0 Å². The molecule has 10 heavy (non-hydrogen) atoms. The SMILES string of the molecule is CC[CH]N(C(C)C)C(C)C. The predicted molar refractivity (Wildman–Crippen MR) is 46.7 cm³/mol. The Morgan fingerprint density at radius 2 is 1.50 bits per heavy atom. The van der Waals surface area contributed by atoms with E-state index in [-0.39, 0.29) is 0 Å². The average molecular weight is 142 g/mol. The third kappa shape index (κ3) is 3.21. The van der Waals surface area contributed by atoms with E-state index in [0.29, 0.717) is 12.1 Å². The lowest BCUT2D eigenvalue weighted by Crippen LogP contribution is -2.34. The van der Waals surface area contributed by atoms with E-state index in [0.717, 1.165) is 6.42 Å². The van der Waals surface area contributed by atoms with Crippen LogP contribution in [0.5, 0.6) is 0 Å². The number of rotatable bonds is 4. The zero-order valence-corrected chi connectivity index (χ0v) is 7.89. The summed E-state index contributed by atoms with van der Waals surface area (Å²) in [7, 11) is 0. The van der Waals surface area contributed by atoms with E-state index in [9.17, 15) is 0 Å². The van der Waals surface area contributed by atoms with Crippen molar-refractivity contribution in [3.05, 3.63) is 6.54 Å². The number of hydrogen-bond acceptors (Lipinski definition) is 1. The average Bonchev–Trinajstić information content (AvgIpc) is 1.81. The maximum Gasteiger partial charge on any atom is 0.0254 e. The molecule has 0 unspecified atom stereocenters. The molecule has 0 saturated carbocycles. The van der Waals surface area contributed by atoms with Crippen LogP contribution in [0.1, 0.15) is 41.0 Å². The molecule has 1 heteroatoms. The van der Waals surface area contributed by atoms with Crippen LogP contribution in [0.3, 0.4) is 0 Å². The fourth-order valence-electron chi connectivity index (χ4n) is 1.23. The molecule has 0 aromatic heterocycles. The van der Waals surface area contributed by atoms with Gasteiger partial charge in [0.2, 0.25) is 0 Å². The van der Waals surface area contributed by atoms with Gasteiger partial charge in [0.05, 0.1) is 0 Å². The highest BCUT2D eigenvalue weighted by atomic mass is 15.2. The van der Waals surface area contributed by atoms with Gasteiger partial charge in [0.25, 0.3) is 0 Å². The van der Waals surface area contributed by atoms with Crippen molar-refractivity contribution in [1.82, 2.24) is 4.90 Å². The maximum absolute atomic E-state index is 2.39. The zero-order chi connectivity index (χ0) is 8.15. The van der Waals surface area contributed by atoms with Crippen LogP contribution >= 0.6 is 0 Å². The first-order valence-corrected chi connectivity index (χ1v) is 4.20. The van der Waals surface area contributed by atoms with E-state index < -0.39 is 0 Å². The molecule has 1 radical (unpaired) electrons. The Morgan fingerprint density at radius 1 is 1.10 bits per heavy atom. The first kappa shape index (κ1) is 9.96. The summed E-state index contributed by atoms with van der Waals surface area (Å²) < 4.78 is 0. The number of hydrogen-bond donors (Lipinski definition) is 0. The fraction of sp³-hybridized carbons (Fsp3) is 0.889. The molecule has 0 fully saturated rings. The fourth-order valence-corrected chi connectivity index (χ4v) is 1.23. The summed E-state index contributed by atoms with van der Waals surface area (Å²) in [6.45, 7) is 13.4. The molecule has 0 bridgehead atoms. The van der Waals surface area contributed by atoms with Crippen molar-refractivity contribution >= 4 is 0 Å². The van der Waals surface area contributed by atoms with Crippen molar-refractivity contribution in [2.45, 2.75) is 53.1 Å². The summed E-state index contributed by atoms with van der Waals surface area (Å²) in [5.41, 5.74) is 0. The maximum atomic E-state index is 2.39. The lowest BCUT2D eigenvalue weighted by atomic mass is 10.2. The molecule has 0 N–H and O–H groups in total. The Labute approximate surface area is 65.4 Å². The minimum absolute atomic E-state index is 0.639. The van der Waals surface area contributed by atoms with E-state index in [4.69, 9.17) is 0 Å². The van der Waals surface area contributed by atoms with Gasteiger partial charge in [-0.1, -0.05) is 6.92 Å². The molecule has 0 aliphatic rings. The minimum atomic E-state index is 0.639.